The lowest BCUT2D eigenvalue weighted by molar-refractivity contribution is 0.101. The van der Waals surface area contributed by atoms with Crippen molar-refractivity contribution in [1.82, 2.24) is 4.72 Å². The van der Waals surface area contributed by atoms with Crippen LogP contribution in [0.15, 0.2) is 54.6 Å². The zero-order chi connectivity index (χ0) is 19.2. The van der Waals surface area contributed by atoms with Gasteiger partial charge in [0.05, 0.1) is 11.8 Å². The van der Waals surface area contributed by atoms with Crippen LogP contribution in [0.1, 0.15) is 29.8 Å². The Balaban J connectivity index is 2.03. The first-order valence-electron chi connectivity index (χ1n) is 7.94. The molecular weight excluding hydrogens is 352 g/mol. The lowest BCUT2D eigenvalue weighted by Gasteiger charge is -2.23. The van der Waals surface area contributed by atoms with E-state index in [9.17, 15) is 18.5 Å². The number of hydrogen-bond acceptors (Lipinski definition) is 5. The summed E-state index contributed by atoms with van der Waals surface area (Å²) in [5.74, 6) is 0.157. The molecule has 0 aromatic heterocycles. The molecule has 0 heterocycles. The van der Waals surface area contributed by atoms with Gasteiger partial charge in [-0.1, -0.05) is 30.3 Å². The van der Waals surface area contributed by atoms with Crippen LogP contribution < -0.4 is 9.46 Å². The van der Waals surface area contributed by atoms with Crippen molar-refractivity contribution in [2.45, 2.75) is 25.1 Å². The minimum absolute atomic E-state index is 0.0629. The van der Waals surface area contributed by atoms with Crippen LogP contribution in [0.5, 0.6) is 5.75 Å². The first-order valence-corrected chi connectivity index (χ1v) is 9.59. The molecule has 0 fully saturated rings. The Hall–Kier alpha value is -2.69. The number of nitrogens with one attached hydrogen (secondary N) is 1. The summed E-state index contributed by atoms with van der Waals surface area (Å²) in [6.07, 6.45) is 0. The molecule has 2 aromatic rings. The molecular formula is C19H20N2O4S. The molecule has 0 saturated heterocycles. The van der Waals surface area contributed by atoms with E-state index >= 15 is 0 Å². The van der Waals surface area contributed by atoms with Gasteiger partial charge in [-0.05, 0) is 43.7 Å². The number of hydrogen-bond donors (Lipinski definition) is 1. The summed E-state index contributed by atoms with van der Waals surface area (Å²) in [6.45, 7) is 2.75. The largest absolute Gasteiger partial charge is 0.491 e. The third-order valence-corrected chi connectivity index (χ3v) is 5.09. The van der Waals surface area contributed by atoms with Crippen molar-refractivity contribution in [3.8, 4) is 11.8 Å². The van der Waals surface area contributed by atoms with E-state index in [2.05, 4.69) is 4.72 Å². The molecule has 0 aliphatic carbocycles. The summed E-state index contributed by atoms with van der Waals surface area (Å²) < 4.78 is 32.6. The average Bonchev–Trinajstić information content (AvgIpc) is 2.60. The number of benzene rings is 2. The van der Waals surface area contributed by atoms with Crippen LogP contribution in [0.25, 0.3) is 0 Å². The van der Waals surface area contributed by atoms with Gasteiger partial charge in [-0.3, -0.25) is 4.79 Å². The van der Waals surface area contributed by atoms with Crippen molar-refractivity contribution >= 4 is 15.8 Å². The molecule has 136 valence electrons. The number of nitriles is 1. The van der Waals surface area contributed by atoms with Crippen LogP contribution in [0, 0.1) is 11.3 Å². The maximum atomic E-state index is 12.4. The third-order valence-electron chi connectivity index (χ3n) is 3.62. The second-order valence-corrected chi connectivity index (χ2v) is 7.88. The van der Waals surface area contributed by atoms with Crippen molar-refractivity contribution in [2.75, 3.05) is 6.61 Å². The predicted molar refractivity (Wildman–Crippen MR) is 98.2 cm³/mol. The van der Waals surface area contributed by atoms with E-state index in [1.165, 1.54) is 13.8 Å². The van der Waals surface area contributed by atoms with Gasteiger partial charge >= 0.3 is 0 Å². The van der Waals surface area contributed by atoms with E-state index in [0.717, 1.165) is 0 Å². The smallest absolute Gasteiger partial charge is 0.217 e. The number of ether oxygens (including phenoxy) is 1. The molecule has 2 rings (SSSR count). The van der Waals surface area contributed by atoms with Crippen molar-refractivity contribution < 1.29 is 17.9 Å². The highest BCUT2D eigenvalue weighted by atomic mass is 32.2. The normalized spacial score (nSPS) is 13.4. The molecule has 1 atom stereocenters. The molecule has 0 bridgehead atoms. The van der Waals surface area contributed by atoms with Crippen molar-refractivity contribution in [2.24, 2.45) is 0 Å². The SMILES string of the molecule is CC(=O)c1ccc(OCC(C)(C#N)NS(=O)(=O)Cc2ccccc2)cc1. The number of rotatable bonds is 8. The van der Waals surface area contributed by atoms with Gasteiger partial charge in [0.15, 0.2) is 11.3 Å². The van der Waals surface area contributed by atoms with Gasteiger partial charge < -0.3 is 4.74 Å². The van der Waals surface area contributed by atoms with E-state index in [-0.39, 0.29) is 18.1 Å². The third kappa shape index (κ3) is 5.69. The van der Waals surface area contributed by atoms with Crippen LogP contribution in [0.2, 0.25) is 0 Å². The predicted octanol–water partition coefficient (Wildman–Crippen LogP) is 2.67. The minimum Gasteiger partial charge on any atom is -0.491 e. The topological polar surface area (TPSA) is 96.3 Å². The maximum absolute atomic E-state index is 12.4. The van der Waals surface area contributed by atoms with Crippen molar-refractivity contribution in [3.05, 3.63) is 65.7 Å². The Labute approximate surface area is 153 Å². The molecule has 1 unspecified atom stereocenters. The van der Waals surface area contributed by atoms with Gasteiger partial charge in [0.1, 0.15) is 12.4 Å². The Kier molecular flexibility index (Phi) is 6.14. The van der Waals surface area contributed by atoms with Crippen LogP contribution in [0.4, 0.5) is 0 Å². The summed E-state index contributed by atoms with van der Waals surface area (Å²) in [7, 11) is -3.72. The Morgan fingerprint density at radius 2 is 1.77 bits per heavy atom. The highest BCUT2D eigenvalue weighted by Gasteiger charge is 2.31. The molecule has 0 radical (unpaired) electrons. The Morgan fingerprint density at radius 3 is 2.31 bits per heavy atom. The molecule has 6 nitrogen and oxygen atoms in total. The zero-order valence-corrected chi connectivity index (χ0v) is 15.4. The fourth-order valence-corrected chi connectivity index (χ4v) is 3.77. The zero-order valence-electron chi connectivity index (χ0n) is 14.6. The second-order valence-electron chi connectivity index (χ2n) is 6.16. The number of carbonyl (C=O) groups is 1. The lowest BCUT2D eigenvalue weighted by atomic mass is 10.1. The highest BCUT2D eigenvalue weighted by Crippen LogP contribution is 2.16. The van der Waals surface area contributed by atoms with Gasteiger partial charge in [0.2, 0.25) is 10.0 Å². The van der Waals surface area contributed by atoms with E-state index in [1.807, 2.05) is 6.07 Å². The summed E-state index contributed by atoms with van der Waals surface area (Å²) in [5.41, 5.74) is -0.252. The van der Waals surface area contributed by atoms with Crippen LogP contribution in [-0.2, 0) is 15.8 Å². The standard InChI is InChI=1S/C19H20N2O4S/c1-15(22)17-8-10-18(11-9-17)25-14-19(2,13-20)21-26(23,24)12-16-6-4-3-5-7-16/h3-11,21H,12,14H2,1-2H3. The minimum atomic E-state index is -3.72. The quantitative estimate of drug-likeness (QED) is 0.719. The van der Waals surface area contributed by atoms with Gasteiger partial charge in [-0.25, -0.2) is 8.42 Å². The first-order chi connectivity index (χ1) is 12.2. The van der Waals surface area contributed by atoms with Crippen LogP contribution >= 0.6 is 0 Å². The lowest BCUT2D eigenvalue weighted by Crippen LogP contribution is -2.49. The number of Topliss-reactive ketones (excluding diaryl/α,β-unsaturated/α-hetero) is 1. The van der Waals surface area contributed by atoms with Crippen LogP contribution in [-0.4, -0.2) is 26.3 Å². The van der Waals surface area contributed by atoms with Crippen LogP contribution in [0.3, 0.4) is 0 Å². The van der Waals surface area contributed by atoms with Crippen molar-refractivity contribution in [3.63, 3.8) is 0 Å². The second kappa shape index (κ2) is 8.13. The molecule has 7 heteroatoms. The monoisotopic (exact) mass is 372 g/mol. The summed E-state index contributed by atoms with van der Waals surface area (Å²) in [4.78, 5) is 11.3. The summed E-state index contributed by atoms with van der Waals surface area (Å²) >= 11 is 0. The number of carbonyl (C=O) groups excluding carboxylic acids is 1. The molecule has 0 saturated carbocycles. The molecule has 0 aliphatic heterocycles. The molecule has 0 spiro atoms. The summed E-state index contributed by atoms with van der Waals surface area (Å²) in [5, 5.41) is 9.41. The highest BCUT2D eigenvalue weighted by molar-refractivity contribution is 7.88. The van der Waals surface area contributed by atoms with Crippen molar-refractivity contribution in [1.29, 1.82) is 5.26 Å². The fraction of sp³-hybridized carbons (Fsp3) is 0.263. The molecule has 2 aromatic carbocycles. The van der Waals surface area contributed by atoms with E-state index in [4.69, 9.17) is 4.74 Å². The summed E-state index contributed by atoms with van der Waals surface area (Å²) in [6, 6.07) is 17.1. The van der Waals surface area contributed by atoms with Gasteiger partial charge in [0, 0.05) is 5.56 Å². The van der Waals surface area contributed by atoms with E-state index in [0.29, 0.717) is 16.9 Å². The Morgan fingerprint density at radius 1 is 1.15 bits per heavy atom. The van der Waals surface area contributed by atoms with E-state index < -0.39 is 15.6 Å². The first kappa shape index (κ1) is 19.6. The Bertz CT molecular complexity index is 903. The average molecular weight is 372 g/mol. The maximum Gasteiger partial charge on any atom is 0.217 e. The molecule has 0 aliphatic rings. The van der Waals surface area contributed by atoms with Gasteiger partial charge in [-0.15, -0.1) is 0 Å². The number of ketones is 1. The molecule has 1 N–H and O–H groups in total. The number of nitrogens with zero attached hydrogens (tertiary/aromatic N) is 1. The number of sulfonamides is 1. The fourth-order valence-electron chi connectivity index (χ4n) is 2.27. The molecule has 26 heavy (non-hydrogen) atoms. The van der Waals surface area contributed by atoms with Gasteiger partial charge in [0.25, 0.3) is 0 Å². The van der Waals surface area contributed by atoms with Gasteiger partial charge in [-0.2, -0.15) is 9.98 Å². The molecule has 0 amide bonds. The van der Waals surface area contributed by atoms with E-state index in [1.54, 1.807) is 54.6 Å².